The summed E-state index contributed by atoms with van der Waals surface area (Å²) in [5, 5.41) is 8.16. The molecule has 1 aromatic heterocycles. The molecule has 1 saturated heterocycles. The average molecular weight is 393 g/mol. The first-order chi connectivity index (χ1) is 12.6. The van der Waals surface area contributed by atoms with E-state index in [4.69, 9.17) is 11.6 Å². The third kappa shape index (κ3) is 5.20. The number of carbonyl (C=O) groups excluding carboxylic acids is 2. The molecule has 0 atom stereocenters. The number of nitrogens with zero attached hydrogens (tertiary/aromatic N) is 2. The van der Waals surface area contributed by atoms with E-state index in [0.29, 0.717) is 30.3 Å². The van der Waals surface area contributed by atoms with E-state index >= 15 is 0 Å². The summed E-state index contributed by atoms with van der Waals surface area (Å²) >= 11 is 7.30. The van der Waals surface area contributed by atoms with Crippen molar-refractivity contribution in [3.63, 3.8) is 0 Å². The van der Waals surface area contributed by atoms with Crippen LogP contribution in [0.4, 0.5) is 10.5 Å². The molecule has 1 aliphatic rings. The molecule has 3 rings (SSSR count). The summed E-state index contributed by atoms with van der Waals surface area (Å²) in [6, 6.07) is 10.5. The highest BCUT2D eigenvalue weighted by Crippen LogP contribution is 2.14. The van der Waals surface area contributed by atoms with Crippen LogP contribution < -0.4 is 10.6 Å². The fourth-order valence-corrected chi connectivity index (χ4v) is 3.58. The molecule has 6 nitrogen and oxygen atoms in total. The molecular weight excluding hydrogens is 372 g/mol. The highest BCUT2D eigenvalue weighted by Gasteiger charge is 2.22. The molecule has 0 radical (unpaired) electrons. The lowest BCUT2D eigenvalue weighted by Gasteiger charge is -2.34. The van der Waals surface area contributed by atoms with E-state index in [1.54, 1.807) is 24.3 Å². The van der Waals surface area contributed by atoms with Crippen molar-refractivity contribution in [3.8, 4) is 0 Å². The zero-order chi connectivity index (χ0) is 18.4. The Kier molecular flexibility index (Phi) is 6.49. The summed E-state index contributed by atoms with van der Waals surface area (Å²) in [6.07, 6.45) is 0. The van der Waals surface area contributed by atoms with Gasteiger partial charge in [0.1, 0.15) is 0 Å². The van der Waals surface area contributed by atoms with Gasteiger partial charge in [0.2, 0.25) is 0 Å². The highest BCUT2D eigenvalue weighted by molar-refractivity contribution is 7.12. The molecule has 0 spiro atoms. The number of urea groups is 1. The Morgan fingerprint density at radius 3 is 2.46 bits per heavy atom. The number of halogens is 1. The third-order valence-electron chi connectivity index (χ3n) is 4.21. The van der Waals surface area contributed by atoms with Gasteiger partial charge in [-0.15, -0.1) is 11.3 Å². The molecule has 0 aliphatic carbocycles. The number of benzene rings is 1. The Labute approximate surface area is 161 Å². The van der Waals surface area contributed by atoms with Crippen LogP contribution in [0.15, 0.2) is 41.8 Å². The van der Waals surface area contributed by atoms with Crippen LogP contribution in [-0.2, 0) is 0 Å². The van der Waals surface area contributed by atoms with Crippen molar-refractivity contribution in [1.29, 1.82) is 0 Å². The van der Waals surface area contributed by atoms with Crippen molar-refractivity contribution in [1.82, 2.24) is 15.1 Å². The van der Waals surface area contributed by atoms with Crippen LogP contribution in [0, 0.1) is 0 Å². The number of hydrogen-bond donors (Lipinski definition) is 2. The summed E-state index contributed by atoms with van der Waals surface area (Å²) in [5.74, 6) is 0.111. The second-order valence-corrected chi connectivity index (χ2v) is 7.38. The van der Waals surface area contributed by atoms with Crippen molar-refractivity contribution in [3.05, 3.63) is 51.7 Å². The molecule has 2 N–H and O–H groups in total. The third-order valence-corrected chi connectivity index (χ3v) is 5.32. The van der Waals surface area contributed by atoms with Gasteiger partial charge in [0, 0.05) is 50.0 Å². The Morgan fingerprint density at radius 2 is 1.81 bits per heavy atom. The minimum Gasteiger partial charge on any atom is -0.337 e. The van der Waals surface area contributed by atoms with Gasteiger partial charge in [-0.25, -0.2) is 4.79 Å². The molecule has 0 unspecified atom stereocenters. The van der Waals surface area contributed by atoms with Gasteiger partial charge >= 0.3 is 6.03 Å². The number of piperazine rings is 1. The number of hydrogen-bond acceptors (Lipinski definition) is 4. The lowest BCUT2D eigenvalue weighted by Crippen LogP contribution is -2.50. The molecule has 138 valence electrons. The second kappa shape index (κ2) is 9.02. The molecule has 1 fully saturated rings. The predicted molar refractivity (Wildman–Crippen MR) is 105 cm³/mol. The molecule has 1 aliphatic heterocycles. The molecule has 2 heterocycles. The smallest absolute Gasteiger partial charge is 0.319 e. The maximum atomic E-state index is 12.3. The number of carbonyl (C=O) groups is 2. The van der Waals surface area contributed by atoms with Gasteiger partial charge in [0.05, 0.1) is 4.88 Å². The van der Waals surface area contributed by atoms with E-state index in [-0.39, 0.29) is 11.9 Å². The average Bonchev–Trinajstić information content (AvgIpc) is 3.18. The fraction of sp³-hybridized carbons (Fsp3) is 0.333. The molecule has 3 amide bonds. The van der Waals surface area contributed by atoms with Crippen molar-refractivity contribution < 1.29 is 9.59 Å². The van der Waals surface area contributed by atoms with E-state index in [0.717, 1.165) is 24.5 Å². The number of nitrogens with one attached hydrogen (secondary N) is 2. The van der Waals surface area contributed by atoms with Gasteiger partial charge < -0.3 is 15.5 Å². The minimum absolute atomic E-state index is 0.111. The second-order valence-electron chi connectivity index (χ2n) is 6.00. The molecule has 0 bridgehead atoms. The molecule has 26 heavy (non-hydrogen) atoms. The van der Waals surface area contributed by atoms with Crippen LogP contribution >= 0.6 is 22.9 Å². The summed E-state index contributed by atoms with van der Waals surface area (Å²) in [4.78, 5) is 29.1. The van der Waals surface area contributed by atoms with Gasteiger partial charge in [0.25, 0.3) is 5.91 Å². The Bertz CT molecular complexity index is 728. The summed E-state index contributed by atoms with van der Waals surface area (Å²) < 4.78 is 0. The minimum atomic E-state index is -0.237. The van der Waals surface area contributed by atoms with Gasteiger partial charge in [-0.05, 0) is 35.7 Å². The number of amides is 3. The molecule has 2 aromatic rings. The van der Waals surface area contributed by atoms with Crippen molar-refractivity contribution in [2.45, 2.75) is 0 Å². The standard InChI is InChI=1S/C18H21ClN4O2S/c19-14-3-5-15(6-4-14)21-18(25)20-7-8-22-9-11-23(12-10-22)17(24)16-2-1-13-26-16/h1-6,13H,7-12H2,(H2,20,21,25). The fourth-order valence-electron chi connectivity index (χ4n) is 2.77. The highest BCUT2D eigenvalue weighted by atomic mass is 35.5. The van der Waals surface area contributed by atoms with E-state index in [2.05, 4.69) is 15.5 Å². The first-order valence-electron chi connectivity index (χ1n) is 8.47. The normalized spacial score (nSPS) is 14.9. The topological polar surface area (TPSA) is 64.7 Å². The monoisotopic (exact) mass is 392 g/mol. The first kappa shape index (κ1) is 18.7. The predicted octanol–water partition coefficient (Wildman–Crippen LogP) is 2.98. The first-order valence-corrected chi connectivity index (χ1v) is 9.73. The van der Waals surface area contributed by atoms with Gasteiger partial charge in [-0.1, -0.05) is 17.7 Å². The molecule has 1 aromatic carbocycles. The largest absolute Gasteiger partial charge is 0.337 e. The van der Waals surface area contributed by atoms with Crippen LogP contribution in [0.5, 0.6) is 0 Å². The molecular formula is C18H21ClN4O2S. The Hall–Kier alpha value is -2.09. The zero-order valence-corrected chi connectivity index (χ0v) is 15.9. The Balaban J connectivity index is 1.34. The number of thiophene rings is 1. The van der Waals surface area contributed by atoms with Crippen LogP contribution in [0.3, 0.4) is 0 Å². The molecule has 8 heteroatoms. The SMILES string of the molecule is O=C(NCCN1CCN(C(=O)c2cccs2)CC1)Nc1ccc(Cl)cc1. The van der Waals surface area contributed by atoms with Gasteiger partial charge in [0.15, 0.2) is 0 Å². The lowest BCUT2D eigenvalue weighted by molar-refractivity contribution is 0.0644. The van der Waals surface area contributed by atoms with Crippen molar-refractivity contribution in [2.75, 3.05) is 44.6 Å². The van der Waals surface area contributed by atoms with E-state index in [9.17, 15) is 9.59 Å². The number of anilines is 1. The van der Waals surface area contributed by atoms with Crippen LogP contribution in [0.1, 0.15) is 9.67 Å². The van der Waals surface area contributed by atoms with Crippen LogP contribution in [0.2, 0.25) is 5.02 Å². The zero-order valence-electron chi connectivity index (χ0n) is 14.3. The maximum Gasteiger partial charge on any atom is 0.319 e. The quantitative estimate of drug-likeness (QED) is 0.822. The number of rotatable bonds is 5. The molecule has 0 saturated carbocycles. The van der Waals surface area contributed by atoms with Gasteiger partial charge in [-0.2, -0.15) is 0 Å². The summed E-state index contributed by atoms with van der Waals surface area (Å²) in [5.41, 5.74) is 0.701. The summed E-state index contributed by atoms with van der Waals surface area (Å²) in [6.45, 7) is 4.38. The Morgan fingerprint density at radius 1 is 1.08 bits per heavy atom. The summed E-state index contributed by atoms with van der Waals surface area (Å²) in [7, 11) is 0. The van der Waals surface area contributed by atoms with E-state index in [1.165, 1.54) is 11.3 Å². The van der Waals surface area contributed by atoms with Crippen LogP contribution in [0.25, 0.3) is 0 Å². The van der Waals surface area contributed by atoms with Crippen molar-refractivity contribution in [2.24, 2.45) is 0 Å². The van der Waals surface area contributed by atoms with Crippen LogP contribution in [-0.4, -0.2) is 61.0 Å². The van der Waals surface area contributed by atoms with E-state index in [1.807, 2.05) is 22.4 Å². The lowest BCUT2D eigenvalue weighted by atomic mass is 10.3. The maximum absolute atomic E-state index is 12.3. The van der Waals surface area contributed by atoms with Gasteiger partial charge in [-0.3, -0.25) is 9.69 Å². The van der Waals surface area contributed by atoms with Crippen molar-refractivity contribution >= 4 is 40.6 Å². The van der Waals surface area contributed by atoms with E-state index < -0.39 is 0 Å².